The Bertz CT molecular complexity index is 1280. The van der Waals surface area contributed by atoms with Crippen LogP contribution in [0.2, 0.25) is 0 Å². The molecule has 1 saturated carbocycles. The van der Waals surface area contributed by atoms with Crippen LogP contribution in [0, 0.1) is 5.92 Å². The molecular formula is C32H39N3O3. The lowest BCUT2D eigenvalue weighted by Gasteiger charge is -2.33. The van der Waals surface area contributed by atoms with E-state index >= 15 is 0 Å². The van der Waals surface area contributed by atoms with Crippen LogP contribution >= 0.6 is 0 Å². The molecule has 2 heterocycles. The molecule has 2 amide bonds. The summed E-state index contributed by atoms with van der Waals surface area (Å²) in [7, 11) is 1.71. The number of urea groups is 1. The number of fused-ring (bicyclic) bond motifs is 1. The Balaban J connectivity index is 1.46. The standard InChI is InChI=1S/C32H39N3O3/c1-3-4-14-33-32(37)35-15-12-24(13-16-35)25-19-27-26(17-22-8-6-5-7-9-22)28(30(36)18-23-10-11-23)21-34-29(27)20-31(25)38-2/h5-9,19-21,23-24H,3-4,10-18H2,1-2H3,(H,33,37). The van der Waals surface area contributed by atoms with Gasteiger partial charge in [-0.1, -0.05) is 43.7 Å². The van der Waals surface area contributed by atoms with Gasteiger partial charge in [0.25, 0.3) is 0 Å². The summed E-state index contributed by atoms with van der Waals surface area (Å²) in [5, 5.41) is 4.08. The lowest BCUT2D eigenvalue weighted by atomic mass is 9.86. The van der Waals surface area contributed by atoms with Crippen molar-refractivity contribution in [2.75, 3.05) is 26.7 Å². The van der Waals surface area contributed by atoms with E-state index in [1.165, 1.54) is 5.56 Å². The van der Waals surface area contributed by atoms with E-state index in [9.17, 15) is 9.59 Å². The lowest BCUT2D eigenvalue weighted by Crippen LogP contribution is -2.44. The highest BCUT2D eigenvalue weighted by Crippen LogP contribution is 2.39. The van der Waals surface area contributed by atoms with Crippen molar-refractivity contribution in [1.29, 1.82) is 0 Å². The van der Waals surface area contributed by atoms with Gasteiger partial charge in [0.05, 0.1) is 12.6 Å². The highest BCUT2D eigenvalue weighted by Gasteiger charge is 2.29. The third-order valence-electron chi connectivity index (χ3n) is 8.05. The topological polar surface area (TPSA) is 71.5 Å². The van der Waals surface area contributed by atoms with Crippen LogP contribution in [0.5, 0.6) is 5.75 Å². The number of benzene rings is 2. The number of aromatic nitrogens is 1. The molecule has 200 valence electrons. The average molecular weight is 514 g/mol. The van der Waals surface area contributed by atoms with E-state index in [0.717, 1.165) is 91.5 Å². The van der Waals surface area contributed by atoms with E-state index in [2.05, 4.69) is 30.4 Å². The van der Waals surface area contributed by atoms with Crippen LogP contribution in [0.25, 0.3) is 10.9 Å². The highest BCUT2D eigenvalue weighted by molar-refractivity contribution is 6.02. The number of unbranched alkanes of at least 4 members (excludes halogenated alkanes) is 1. The second-order valence-electron chi connectivity index (χ2n) is 10.8. The molecule has 0 spiro atoms. The molecule has 1 N–H and O–H groups in total. The number of nitrogens with zero attached hydrogens (tertiary/aromatic N) is 2. The van der Waals surface area contributed by atoms with Gasteiger partial charge in [0.2, 0.25) is 0 Å². The number of likely N-dealkylation sites (tertiary alicyclic amines) is 1. The van der Waals surface area contributed by atoms with Crippen molar-refractivity contribution in [2.45, 2.75) is 64.2 Å². The van der Waals surface area contributed by atoms with Gasteiger partial charge in [-0.15, -0.1) is 0 Å². The Morgan fingerprint density at radius 1 is 1.08 bits per heavy atom. The van der Waals surface area contributed by atoms with Crippen LogP contribution in [0.15, 0.2) is 48.7 Å². The molecule has 38 heavy (non-hydrogen) atoms. The second-order valence-corrected chi connectivity index (χ2v) is 10.8. The molecule has 0 bridgehead atoms. The third kappa shape index (κ3) is 6.01. The molecule has 2 fully saturated rings. The van der Waals surface area contributed by atoms with Gasteiger partial charge in [-0.05, 0) is 73.1 Å². The fourth-order valence-corrected chi connectivity index (χ4v) is 5.59. The number of hydrogen-bond acceptors (Lipinski definition) is 4. The SMILES string of the molecule is CCCCNC(=O)N1CCC(c2cc3c(Cc4ccccc4)c(C(=O)CC4CC4)cnc3cc2OC)CC1. The van der Waals surface area contributed by atoms with E-state index < -0.39 is 0 Å². The minimum Gasteiger partial charge on any atom is -0.496 e. The van der Waals surface area contributed by atoms with Gasteiger partial charge in [-0.3, -0.25) is 9.78 Å². The number of amides is 2. The van der Waals surface area contributed by atoms with E-state index in [0.29, 0.717) is 18.8 Å². The zero-order chi connectivity index (χ0) is 26.5. The number of hydrogen-bond donors (Lipinski definition) is 1. The number of Topliss-reactive ketones (excluding diaryl/α,β-unsaturated/α-hetero) is 1. The van der Waals surface area contributed by atoms with Crippen molar-refractivity contribution in [1.82, 2.24) is 15.2 Å². The van der Waals surface area contributed by atoms with Gasteiger partial charge in [0.1, 0.15) is 5.75 Å². The van der Waals surface area contributed by atoms with Crippen LogP contribution < -0.4 is 10.1 Å². The summed E-state index contributed by atoms with van der Waals surface area (Å²) in [5.74, 6) is 1.84. The molecule has 1 aliphatic carbocycles. The smallest absolute Gasteiger partial charge is 0.317 e. The molecule has 3 aromatic rings. The van der Waals surface area contributed by atoms with Crippen molar-refractivity contribution >= 4 is 22.7 Å². The maximum Gasteiger partial charge on any atom is 0.317 e. The Labute approximate surface area is 225 Å². The molecule has 0 unspecified atom stereocenters. The molecule has 0 radical (unpaired) electrons. The molecule has 2 aliphatic rings. The number of methoxy groups -OCH3 is 1. The van der Waals surface area contributed by atoms with Crippen LogP contribution in [-0.4, -0.2) is 48.4 Å². The molecule has 5 rings (SSSR count). The molecule has 6 nitrogen and oxygen atoms in total. The summed E-state index contributed by atoms with van der Waals surface area (Å²) in [4.78, 5) is 32.6. The monoisotopic (exact) mass is 513 g/mol. The van der Waals surface area contributed by atoms with E-state index in [1.54, 1.807) is 13.3 Å². The van der Waals surface area contributed by atoms with Crippen molar-refractivity contribution in [2.24, 2.45) is 5.92 Å². The highest BCUT2D eigenvalue weighted by atomic mass is 16.5. The summed E-state index contributed by atoms with van der Waals surface area (Å²) in [6, 6.07) is 14.6. The zero-order valence-corrected chi connectivity index (χ0v) is 22.7. The number of carbonyl (C=O) groups is 2. The number of piperidine rings is 1. The number of pyridine rings is 1. The normalized spacial score (nSPS) is 16.0. The van der Waals surface area contributed by atoms with Gasteiger partial charge in [-0.25, -0.2) is 4.79 Å². The fraction of sp³-hybridized carbons (Fsp3) is 0.469. The molecule has 1 aromatic heterocycles. The molecule has 1 saturated heterocycles. The van der Waals surface area contributed by atoms with Crippen LogP contribution in [0.3, 0.4) is 0 Å². The van der Waals surface area contributed by atoms with Gasteiger partial charge in [0, 0.05) is 49.3 Å². The Morgan fingerprint density at radius 2 is 1.84 bits per heavy atom. The van der Waals surface area contributed by atoms with E-state index in [4.69, 9.17) is 9.72 Å². The second kappa shape index (κ2) is 12.0. The summed E-state index contributed by atoms with van der Waals surface area (Å²) < 4.78 is 5.84. The van der Waals surface area contributed by atoms with Crippen molar-refractivity contribution < 1.29 is 14.3 Å². The number of ether oxygens (including phenoxy) is 1. The van der Waals surface area contributed by atoms with Crippen molar-refractivity contribution in [3.63, 3.8) is 0 Å². The molecule has 0 atom stereocenters. The van der Waals surface area contributed by atoms with Crippen LogP contribution in [0.1, 0.15) is 84.8 Å². The first-order valence-corrected chi connectivity index (χ1v) is 14.2. The van der Waals surface area contributed by atoms with Gasteiger partial charge >= 0.3 is 6.03 Å². The summed E-state index contributed by atoms with van der Waals surface area (Å²) >= 11 is 0. The summed E-state index contributed by atoms with van der Waals surface area (Å²) in [5.41, 5.74) is 4.99. The van der Waals surface area contributed by atoms with Gasteiger partial charge in [0.15, 0.2) is 5.78 Å². The quantitative estimate of drug-likeness (QED) is 0.248. The number of nitrogens with one attached hydrogen (secondary N) is 1. The third-order valence-corrected chi connectivity index (χ3v) is 8.05. The number of rotatable bonds is 10. The molecular weight excluding hydrogens is 474 g/mol. The van der Waals surface area contributed by atoms with Crippen LogP contribution in [0.4, 0.5) is 4.79 Å². The van der Waals surface area contributed by atoms with E-state index in [-0.39, 0.29) is 17.7 Å². The number of ketones is 1. The first-order valence-electron chi connectivity index (χ1n) is 14.2. The molecule has 2 aromatic carbocycles. The average Bonchev–Trinajstić information content (AvgIpc) is 3.77. The predicted octanol–water partition coefficient (Wildman–Crippen LogP) is 6.51. The van der Waals surface area contributed by atoms with Gasteiger partial charge < -0.3 is 15.0 Å². The van der Waals surface area contributed by atoms with E-state index in [1.807, 2.05) is 29.2 Å². The maximum atomic E-state index is 13.3. The largest absolute Gasteiger partial charge is 0.496 e. The minimum atomic E-state index is 0.0375. The fourth-order valence-electron chi connectivity index (χ4n) is 5.59. The molecule has 6 heteroatoms. The first-order chi connectivity index (χ1) is 18.6. The number of carbonyl (C=O) groups excluding carboxylic acids is 2. The summed E-state index contributed by atoms with van der Waals surface area (Å²) in [6.45, 7) is 4.30. The zero-order valence-electron chi connectivity index (χ0n) is 22.7. The lowest BCUT2D eigenvalue weighted by molar-refractivity contribution is 0.0975. The first kappa shape index (κ1) is 26.2. The van der Waals surface area contributed by atoms with Gasteiger partial charge in [-0.2, -0.15) is 0 Å². The van der Waals surface area contributed by atoms with Crippen molar-refractivity contribution in [3.8, 4) is 5.75 Å². The molecule has 1 aliphatic heterocycles. The Morgan fingerprint density at radius 3 is 2.53 bits per heavy atom. The Kier molecular flexibility index (Phi) is 8.26. The minimum absolute atomic E-state index is 0.0375. The maximum absolute atomic E-state index is 13.3. The van der Waals surface area contributed by atoms with Crippen LogP contribution in [-0.2, 0) is 6.42 Å². The summed E-state index contributed by atoms with van der Waals surface area (Å²) in [6.07, 6.45) is 9.20. The Hall–Kier alpha value is -3.41. The predicted molar refractivity (Wildman–Crippen MR) is 151 cm³/mol. The van der Waals surface area contributed by atoms with Crippen molar-refractivity contribution in [3.05, 3.63) is 70.9 Å².